The summed E-state index contributed by atoms with van der Waals surface area (Å²) in [6.45, 7) is 3.69. The quantitative estimate of drug-likeness (QED) is 0.594. The summed E-state index contributed by atoms with van der Waals surface area (Å²) in [6.07, 6.45) is 0. The summed E-state index contributed by atoms with van der Waals surface area (Å²) in [7, 11) is 0. The Morgan fingerprint density at radius 3 is 2.40 bits per heavy atom. The Labute approximate surface area is 162 Å². The molecule has 0 bridgehead atoms. The van der Waals surface area contributed by atoms with Gasteiger partial charge in [0.1, 0.15) is 6.61 Å². The lowest BCUT2D eigenvalue weighted by Crippen LogP contribution is -2.17. The van der Waals surface area contributed by atoms with Crippen LogP contribution in [0, 0.1) is 0 Å². The van der Waals surface area contributed by atoms with Crippen LogP contribution in [-0.4, -0.2) is 24.9 Å². The average Bonchev–Trinajstić information content (AvgIpc) is 2.57. The number of aliphatic hydroxyl groups is 1. The first kappa shape index (κ1) is 20.1. The summed E-state index contributed by atoms with van der Waals surface area (Å²) >= 11 is 18.7. The van der Waals surface area contributed by atoms with Gasteiger partial charge in [0.25, 0.3) is 0 Å². The van der Waals surface area contributed by atoms with E-state index in [2.05, 4.69) is 5.32 Å². The number of aliphatic hydroxyl groups excluding tert-OH is 1. The van der Waals surface area contributed by atoms with Crippen molar-refractivity contribution in [2.45, 2.75) is 20.1 Å². The molecule has 0 heterocycles. The van der Waals surface area contributed by atoms with Gasteiger partial charge in [0.15, 0.2) is 11.5 Å². The number of hydrogen-bond acceptors (Lipinski definition) is 4. The third-order valence-electron chi connectivity index (χ3n) is 3.41. The maximum absolute atomic E-state index is 8.85. The van der Waals surface area contributed by atoms with Crippen LogP contribution >= 0.6 is 34.8 Å². The molecule has 2 aromatic carbocycles. The molecule has 2 rings (SSSR count). The van der Waals surface area contributed by atoms with Gasteiger partial charge in [-0.1, -0.05) is 40.9 Å². The summed E-state index contributed by atoms with van der Waals surface area (Å²) in [6, 6.07) is 8.96. The summed E-state index contributed by atoms with van der Waals surface area (Å²) in [5.74, 6) is 1.00. The zero-order valence-corrected chi connectivity index (χ0v) is 16.1. The van der Waals surface area contributed by atoms with Crippen LogP contribution in [0.4, 0.5) is 0 Å². The number of hydrogen-bond donors (Lipinski definition) is 2. The van der Waals surface area contributed by atoms with Crippen molar-refractivity contribution in [1.29, 1.82) is 0 Å². The van der Waals surface area contributed by atoms with E-state index in [1.54, 1.807) is 24.3 Å². The van der Waals surface area contributed by atoms with E-state index in [1.807, 2.05) is 13.0 Å². The molecule has 2 N–H and O–H groups in total. The van der Waals surface area contributed by atoms with Gasteiger partial charge >= 0.3 is 0 Å². The lowest BCUT2D eigenvalue weighted by atomic mass is 10.2. The lowest BCUT2D eigenvalue weighted by molar-refractivity contribution is 0.269. The smallest absolute Gasteiger partial charge is 0.180 e. The van der Waals surface area contributed by atoms with Crippen LogP contribution in [0.1, 0.15) is 18.1 Å². The topological polar surface area (TPSA) is 50.7 Å². The van der Waals surface area contributed by atoms with Gasteiger partial charge < -0.3 is 19.9 Å². The fourth-order valence-electron chi connectivity index (χ4n) is 2.25. The molecule has 0 atom stereocenters. The Bertz CT molecular complexity index is 690. The van der Waals surface area contributed by atoms with Crippen molar-refractivity contribution in [2.24, 2.45) is 0 Å². The first-order valence-corrected chi connectivity index (χ1v) is 9.02. The minimum Gasteiger partial charge on any atom is -0.490 e. The molecule has 0 aliphatic rings. The molecule has 0 unspecified atom stereocenters. The van der Waals surface area contributed by atoms with Gasteiger partial charge in [-0.15, -0.1) is 0 Å². The Morgan fingerprint density at radius 1 is 1.04 bits per heavy atom. The number of benzene rings is 2. The standard InChI is InChI=1S/C18H20Cl3NO3/c1-2-24-17-9-12(10-22-6-7-23)8-16(21)18(17)25-11-13-14(19)4-3-5-15(13)20/h3-5,8-9,22-23H,2,6-7,10-11H2,1H3. The summed E-state index contributed by atoms with van der Waals surface area (Å²) in [5.41, 5.74) is 1.63. The van der Waals surface area contributed by atoms with E-state index in [4.69, 9.17) is 49.4 Å². The largest absolute Gasteiger partial charge is 0.490 e. The predicted octanol–water partition coefficient (Wildman–Crippen LogP) is 4.71. The third kappa shape index (κ3) is 5.66. The molecule has 0 fully saturated rings. The molecular weight excluding hydrogens is 385 g/mol. The SMILES string of the molecule is CCOc1cc(CNCCO)cc(Cl)c1OCc1c(Cl)cccc1Cl. The highest BCUT2D eigenvalue weighted by Gasteiger charge is 2.14. The highest BCUT2D eigenvalue weighted by atomic mass is 35.5. The van der Waals surface area contributed by atoms with Crippen LogP contribution in [0.15, 0.2) is 30.3 Å². The predicted molar refractivity (Wildman–Crippen MR) is 102 cm³/mol. The Hall–Kier alpha value is -1.17. The molecular formula is C18H20Cl3NO3. The monoisotopic (exact) mass is 403 g/mol. The highest BCUT2D eigenvalue weighted by Crippen LogP contribution is 2.38. The van der Waals surface area contributed by atoms with Crippen molar-refractivity contribution in [3.8, 4) is 11.5 Å². The minimum atomic E-state index is 0.0752. The average molecular weight is 405 g/mol. The van der Waals surface area contributed by atoms with Crippen LogP contribution in [0.3, 0.4) is 0 Å². The lowest BCUT2D eigenvalue weighted by Gasteiger charge is -2.16. The Kier molecular flexibility index (Phi) is 8.13. The molecule has 0 saturated carbocycles. The molecule has 0 amide bonds. The second-order valence-corrected chi connectivity index (χ2v) is 6.45. The van der Waals surface area contributed by atoms with E-state index in [9.17, 15) is 0 Å². The van der Waals surface area contributed by atoms with Gasteiger partial charge in [-0.05, 0) is 36.8 Å². The van der Waals surface area contributed by atoms with Crippen molar-refractivity contribution in [2.75, 3.05) is 19.8 Å². The zero-order chi connectivity index (χ0) is 18.2. The van der Waals surface area contributed by atoms with Crippen molar-refractivity contribution in [3.63, 3.8) is 0 Å². The molecule has 0 aliphatic carbocycles. The maximum atomic E-state index is 8.85. The third-order valence-corrected chi connectivity index (χ3v) is 4.40. The summed E-state index contributed by atoms with van der Waals surface area (Å²) < 4.78 is 11.5. The zero-order valence-electron chi connectivity index (χ0n) is 13.8. The fourth-order valence-corrected chi connectivity index (χ4v) is 3.05. The van der Waals surface area contributed by atoms with E-state index in [-0.39, 0.29) is 13.2 Å². The molecule has 4 nitrogen and oxygen atoms in total. The van der Waals surface area contributed by atoms with Crippen LogP contribution in [-0.2, 0) is 13.2 Å². The molecule has 2 aromatic rings. The molecule has 0 radical (unpaired) electrons. The molecule has 0 saturated heterocycles. The number of halogens is 3. The minimum absolute atomic E-state index is 0.0752. The van der Waals surface area contributed by atoms with Gasteiger partial charge in [0.2, 0.25) is 0 Å². The van der Waals surface area contributed by atoms with Crippen molar-refractivity contribution in [3.05, 3.63) is 56.5 Å². The summed E-state index contributed by atoms with van der Waals surface area (Å²) in [4.78, 5) is 0. The molecule has 0 aliphatic heterocycles. The van der Waals surface area contributed by atoms with Crippen molar-refractivity contribution < 1.29 is 14.6 Å². The maximum Gasteiger partial charge on any atom is 0.180 e. The van der Waals surface area contributed by atoms with E-state index < -0.39 is 0 Å². The Morgan fingerprint density at radius 2 is 1.76 bits per heavy atom. The van der Waals surface area contributed by atoms with Crippen LogP contribution in [0.5, 0.6) is 11.5 Å². The van der Waals surface area contributed by atoms with Crippen molar-refractivity contribution in [1.82, 2.24) is 5.32 Å². The van der Waals surface area contributed by atoms with Crippen molar-refractivity contribution >= 4 is 34.8 Å². The van der Waals surface area contributed by atoms with Gasteiger partial charge in [-0.3, -0.25) is 0 Å². The first-order chi connectivity index (χ1) is 12.1. The van der Waals surface area contributed by atoms with Crippen LogP contribution in [0.25, 0.3) is 0 Å². The van der Waals surface area contributed by atoms with Crippen LogP contribution < -0.4 is 14.8 Å². The fraction of sp³-hybridized carbons (Fsp3) is 0.333. The normalized spacial score (nSPS) is 10.8. The Balaban J connectivity index is 2.21. The van der Waals surface area contributed by atoms with E-state index in [0.29, 0.717) is 51.8 Å². The molecule has 0 spiro atoms. The van der Waals surface area contributed by atoms with Gasteiger partial charge in [0.05, 0.1) is 18.2 Å². The van der Waals surface area contributed by atoms with Crippen LogP contribution in [0.2, 0.25) is 15.1 Å². The second-order valence-electron chi connectivity index (χ2n) is 5.23. The summed E-state index contributed by atoms with van der Waals surface area (Å²) in [5, 5.41) is 13.5. The highest BCUT2D eigenvalue weighted by molar-refractivity contribution is 6.36. The van der Waals surface area contributed by atoms with Gasteiger partial charge in [-0.25, -0.2) is 0 Å². The molecule has 136 valence electrons. The molecule has 0 aromatic heterocycles. The molecule has 25 heavy (non-hydrogen) atoms. The van der Waals surface area contributed by atoms with Gasteiger partial charge in [0, 0.05) is 28.7 Å². The van der Waals surface area contributed by atoms with Gasteiger partial charge in [-0.2, -0.15) is 0 Å². The second kappa shape index (κ2) is 10.1. The molecule has 7 heteroatoms. The number of nitrogens with one attached hydrogen (secondary N) is 1. The first-order valence-electron chi connectivity index (χ1n) is 7.89. The van der Waals surface area contributed by atoms with E-state index in [0.717, 1.165) is 5.56 Å². The van der Waals surface area contributed by atoms with E-state index >= 15 is 0 Å². The number of ether oxygens (including phenoxy) is 2. The number of rotatable bonds is 9. The van der Waals surface area contributed by atoms with E-state index in [1.165, 1.54) is 0 Å².